The fraction of sp³-hybridized carbons (Fsp3) is 0.353. The van der Waals surface area contributed by atoms with Gasteiger partial charge in [-0.2, -0.15) is 9.47 Å². The highest BCUT2D eigenvalue weighted by Crippen LogP contribution is 2.33. The number of methoxy groups -OCH3 is 1. The van der Waals surface area contributed by atoms with Crippen molar-refractivity contribution in [2.45, 2.75) is 13.0 Å². The molecule has 2 aromatic rings. The van der Waals surface area contributed by atoms with E-state index in [1.807, 2.05) is 36.1 Å². The molecule has 0 saturated carbocycles. The molecule has 3 amide bonds. The van der Waals surface area contributed by atoms with Crippen molar-refractivity contribution < 1.29 is 18.9 Å². The number of carbonyl (C=O) groups excluding carboxylic acids is 2. The Morgan fingerprint density at radius 2 is 1.88 bits per heavy atom. The molecule has 2 aliphatic rings. The number of anilines is 1. The highest BCUT2D eigenvalue weighted by Gasteiger charge is 2.55. The van der Waals surface area contributed by atoms with Crippen molar-refractivity contribution in [3.8, 4) is 17.1 Å². The van der Waals surface area contributed by atoms with E-state index >= 15 is 0 Å². The van der Waals surface area contributed by atoms with Gasteiger partial charge in [0, 0.05) is 12.1 Å². The normalized spacial score (nSPS) is 19.2. The summed E-state index contributed by atoms with van der Waals surface area (Å²) in [5.41, 5.74) is 0.820. The summed E-state index contributed by atoms with van der Waals surface area (Å²) in [6.07, 6.45) is 0. The Morgan fingerprint density at radius 3 is 2.50 bits per heavy atom. The van der Waals surface area contributed by atoms with E-state index in [1.165, 1.54) is 11.6 Å². The van der Waals surface area contributed by atoms with Gasteiger partial charge in [0.2, 0.25) is 17.7 Å². The number of fused-ring (bicyclic) bond motifs is 3. The molecule has 134 valence electrons. The van der Waals surface area contributed by atoms with E-state index in [1.54, 1.807) is 18.7 Å². The Hall–Kier alpha value is -3.23. The summed E-state index contributed by atoms with van der Waals surface area (Å²) in [6, 6.07) is 6.45. The molecule has 9 heteroatoms. The van der Waals surface area contributed by atoms with Gasteiger partial charge < -0.3 is 9.64 Å². The number of benzene rings is 1. The van der Waals surface area contributed by atoms with Gasteiger partial charge in [0.1, 0.15) is 5.75 Å². The molecule has 0 radical (unpaired) electrons. The maximum Gasteiger partial charge on any atom is 0.445 e. The molecule has 1 aromatic heterocycles. The van der Waals surface area contributed by atoms with E-state index in [2.05, 4.69) is 10.2 Å². The number of aromatic nitrogens is 3. The van der Waals surface area contributed by atoms with Gasteiger partial charge in [-0.3, -0.25) is 4.79 Å². The van der Waals surface area contributed by atoms with Crippen LogP contribution < -0.4 is 9.64 Å². The predicted molar refractivity (Wildman–Crippen MR) is 93.6 cm³/mol. The number of imide groups is 1. The molecule has 0 fully saturated rings. The first-order valence-electron chi connectivity index (χ1n) is 8.28. The number of amides is 3. The lowest BCUT2D eigenvalue weighted by molar-refractivity contribution is -0.407. The Balaban J connectivity index is 1.93. The average Bonchev–Trinajstić information content (AvgIpc) is 3.22. The molecule has 0 saturated heterocycles. The maximum atomic E-state index is 12.8. The van der Waals surface area contributed by atoms with Crippen LogP contribution in [0.2, 0.25) is 0 Å². The largest absolute Gasteiger partial charge is 0.497 e. The lowest BCUT2D eigenvalue weighted by Crippen LogP contribution is -2.59. The van der Waals surface area contributed by atoms with Crippen molar-refractivity contribution in [2.24, 2.45) is 0 Å². The van der Waals surface area contributed by atoms with Crippen LogP contribution in [0.25, 0.3) is 11.4 Å². The number of urea groups is 1. The topological polar surface area (TPSA) is 83.6 Å². The zero-order chi connectivity index (χ0) is 18.6. The summed E-state index contributed by atoms with van der Waals surface area (Å²) >= 11 is 0. The predicted octanol–water partition coefficient (Wildman–Crippen LogP) is 0.643. The summed E-state index contributed by atoms with van der Waals surface area (Å²) in [5.74, 6) is 2.16. The van der Waals surface area contributed by atoms with Gasteiger partial charge in [-0.05, 0) is 31.2 Å². The first-order valence-corrected chi connectivity index (χ1v) is 8.28. The lowest BCUT2D eigenvalue weighted by Gasteiger charge is -2.26. The van der Waals surface area contributed by atoms with Gasteiger partial charge in [0.05, 0.1) is 21.2 Å². The first-order chi connectivity index (χ1) is 12.5. The Morgan fingerprint density at radius 1 is 1.19 bits per heavy atom. The van der Waals surface area contributed by atoms with E-state index in [0.717, 1.165) is 16.2 Å². The molecule has 1 atom stereocenters. The first kappa shape index (κ1) is 16.2. The van der Waals surface area contributed by atoms with Crippen molar-refractivity contribution in [3.63, 3.8) is 0 Å². The molecule has 0 spiro atoms. The van der Waals surface area contributed by atoms with Gasteiger partial charge in [0.25, 0.3) is 5.95 Å². The van der Waals surface area contributed by atoms with Gasteiger partial charge in [-0.1, -0.05) is 5.10 Å². The van der Waals surface area contributed by atoms with Crippen LogP contribution in [0.5, 0.6) is 5.75 Å². The van der Waals surface area contributed by atoms with Crippen molar-refractivity contribution in [1.82, 2.24) is 19.7 Å². The van der Waals surface area contributed by atoms with Crippen molar-refractivity contribution >= 4 is 23.7 Å². The number of ether oxygens (including phenoxy) is 1. The molecule has 9 nitrogen and oxygen atoms in total. The summed E-state index contributed by atoms with van der Waals surface area (Å²) in [7, 11) is 4.76. The molecule has 0 bridgehead atoms. The fourth-order valence-corrected chi connectivity index (χ4v) is 3.48. The average molecular weight is 355 g/mol. The van der Waals surface area contributed by atoms with Gasteiger partial charge >= 0.3 is 11.9 Å². The molecule has 1 unspecified atom stereocenters. The second-order valence-electron chi connectivity index (χ2n) is 6.17. The minimum Gasteiger partial charge on any atom is -0.497 e. The molecule has 3 heterocycles. The molecule has 0 N–H and O–H groups in total. The number of rotatable bonds is 3. The number of hydrogen-bond donors (Lipinski definition) is 0. The molecular weight excluding hydrogens is 336 g/mol. The molecule has 1 aromatic carbocycles. The minimum atomic E-state index is -0.588. The van der Waals surface area contributed by atoms with Crippen LogP contribution in [0.1, 0.15) is 6.92 Å². The summed E-state index contributed by atoms with van der Waals surface area (Å²) in [6.45, 7) is 2.51. The Kier molecular flexibility index (Phi) is 3.53. The summed E-state index contributed by atoms with van der Waals surface area (Å²) in [5, 5.41) is 8.59. The van der Waals surface area contributed by atoms with Gasteiger partial charge in [-0.25, -0.2) is 9.37 Å². The van der Waals surface area contributed by atoms with E-state index in [0.29, 0.717) is 24.2 Å². The molecule has 26 heavy (non-hydrogen) atoms. The van der Waals surface area contributed by atoms with E-state index in [-0.39, 0.29) is 11.9 Å². The van der Waals surface area contributed by atoms with Crippen molar-refractivity contribution in [3.05, 3.63) is 24.3 Å². The molecule has 4 rings (SSSR count). The third kappa shape index (κ3) is 2.00. The summed E-state index contributed by atoms with van der Waals surface area (Å²) < 4.78 is 8.48. The van der Waals surface area contributed by atoms with Crippen LogP contribution in [0.3, 0.4) is 0 Å². The number of nitrogens with zero attached hydrogens (tertiary/aromatic N) is 6. The summed E-state index contributed by atoms with van der Waals surface area (Å²) in [4.78, 5) is 28.2. The number of carbonyl (C=O) groups is 2. The van der Waals surface area contributed by atoms with E-state index in [4.69, 9.17) is 4.74 Å². The minimum absolute atomic E-state index is 0.267. The highest BCUT2D eigenvalue weighted by molar-refractivity contribution is 6.18. The quantitative estimate of drug-likeness (QED) is 0.752. The molecule has 2 aliphatic heterocycles. The van der Waals surface area contributed by atoms with E-state index in [9.17, 15) is 9.59 Å². The van der Waals surface area contributed by atoms with E-state index < -0.39 is 6.04 Å². The smallest absolute Gasteiger partial charge is 0.445 e. The highest BCUT2D eigenvalue weighted by atomic mass is 16.5. The second kappa shape index (κ2) is 5.65. The third-order valence-electron chi connectivity index (χ3n) is 4.86. The number of hydrogen-bond acceptors (Lipinski definition) is 6. The Bertz CT molecular complexity index is 946. The van der Waals surface area contributed by atoms with Crippen LogP contribution in [-0.4, -0.2) is 75.8 Å². The van der Waals surface area contributed by atoms with Gasteiger partial charge in [-0.15, -0.1) is 5.10 Å². The number of likely N-dealkylation sites (N-methyl/N-ethyl adjacent to an activating group) is 2. The standard InChI is InChI=1S/C17H19N6O3/c1-5-22-12-14(20(2)17(25)21(3)15(12)24)23-13(18-19-16(22)23)10-6-8-11(26-4)9-7-10/h6-9,12H,5H2,1-4H3/q+1. The monoisotopic (exact) mass is 355 g/mol. The van der Waals surface area contributed by atoms with Gasteiger partial charge in [0.15, 0.2) is 0 Å². The van der Waals surface area contributed by atoms with Crippen LogP contribution >= 0.6 is 0 Å². The van der Waals surface area contributed by atoms with Crippen molar-refractivity contribution in [2.75, 3.05) is 32.6 Å². The fourth-order valence-electron chi connectivity index (χ4n) is 3.48. The zero-order valence-corrected chi connectivity index (χ0v) is 15.0. The third-order valence-corrected chi connectivity index (χ3v) is 4.86. The van der Waals surface area contributed by atoms with Crippen LogP contribution in [0.4, 0.5) is 10.7 Å². The zero-order valence-electron chi connectivity index (χ0n) is 15.0. The molecular formula is C17H19N6O3+. The Labute approximate surface area is 150 Å². The second-order valence-corrected chi connectivity index (χ2v) is 6.17. The SMILES string of the molecule is CCN1c2nnc(-c3ccc(OC)cc3)n2C2=[N+](C)C(=O)N(C)C(=O)C21. The van der Waals surface area contributed by atoms with Crippen LogP contribution in [0.15, 0.2) is 24.3 Å². The lowest BCUT2D eigenvalue weighted by atomic mass is 10.1. The van der Waals surface area contributed by atoms with Crippen LogP contribution in [0, 0.1) is 0 Å². The van der Waals surface area contributed by atoms with Crippen LogP contribution in [-0.2, 0) is 4.79 Å². The molecule has 0 aliphatic carbocycles. The maximum absolute atomic E-state index is 12.8. The van der Waals surface area contributed by atoms with Crippen molar-refractivity contribution in [1.29, 1.82) is 0 Å².